The Labute approximate surface area is 108 Å². The van der Waals surface area contributed by atoms with Crippen molar-refractivity contribution in [3.8, 4) is 0 Å². The molecule has 2 N–H and O–H groups in total. The van der Waals surface area contributed by atoms with E-state index < -0.39 is 0 Å². The van der Waals surface area contributed by atoms with Gasteiger partial charge in [0.15, 0.2) is 0 Å². The fourth-order valence-electron chi connectivity index (χ4n) is 2.29. The van der Waals surface area contributed by atoms with Crippen molar-refractivity contribution < 1.29 is 0 Å². The molecule has 2 rings (SSSR count). The molecule has 1 aliphatic carbocycles. The summed E-state index contributed by atoms with van der Waals surface area (Å²) in [6.45, 7) is 7.26. The van der Waals surface area contributed by atoms with Crippen LogP contribution in [0, 0.1) is 5.92 Å². The Hall–Kier alpha value is -1.29. The van der Waals surface area contributed by atoms with Crippen LogP contribution in [-0.4, -0.2) is 28.6 Å². The number of nitrogen functional groups attached to an aromatic ring is 1. The van der Waals surface area contributed by atoms with Crippen LogP contribution in [0.1, 0.15) is 26.7 Å². The summed E-state index contributed by atoms with van der Waals surface area (Å²) < 4.78 is 1.71. The molecule has 4 heteroatoms. The van der Waals surface area contributed by atoms with E-state index in [9.17, 15) is 4.79 Å². The SMILES string of the molecule is CC(C)CN(CCn1cc(N)ccc1=O)C1CC1. The average Bonchev–Trinajstić information content (AvgIpc) is 3.12. The number of nitrogens with zero attached hydrogens (tertiary/aromatic N) is 2. The molecule has 0 aromatic carbocycles. The molecule has 0 spiro atoms. The van der Waals surface area contributed by atoms with Gasteiger partial charge in [0.2, 0.25) is 0 Å². The normalized spacial score (nSPS) is 15.6. The lowest BCUT2D eigenvalue weighted by Crippen LogP contribution is -2.35. The number of hydrogen-bond acceptors (Lipinski definition) is 3. The summed E-state index contributed by atoms with van der Waals surface area (Å²) in [5.41, 5.74) is 6.39. The fraction of sp³-hybridized carbons (Fsp3) is 0.643. The van der Waals surface area contributed by atoms with Crippen molar-refractivity contribution in [3.63, 3.8) is 0 Å². The standard InChI is InChI=1S/C14H23N3O/c1-11(2)9-16(13-4-5-13)7-8-17-10-12(15)3-6-14(17)18/h3,6,10-11,13H,4-5,7-9,15H2,1-2H3. The molecule has 1 aromatic heterocycles. The summed E-state index contributed by atoms with van der Waals surface area (Å²) in [6.07, 6.45) is 4.35. The van der Waals surface area contributed by atoms with E-state index >= 15 is 0 Å². The topological polar surface area (TPSA) is 51.3 Å². The van der Waals surface area contributed by atoms with Crippen molar-refractivity contribution in [1.29, 1.82) is 0 Å². The van der Waals surface area contributed by atoms with Crippen LogP contribution in [-0.2, 0) is 6.54 Å². The van der Waals surface area contributed by atoms with E-state index in [2.05, 4.69) is 18.7 Å². The zero-order valence-electron chi connectivity index (χ0n) is 11.3. The molecular weight excluding hydrogens is 226 g/mol. The Morgan fingerprint density at radius 3 is 2.78 bits per heavy atom. The average molecular weight is 249 g/mol. The van der Waals surface area contributed by atoms with E-state index in [-0.39, 0.29) is 5.56 Å². The Balaban J connectivity index is 1.96. The maximum absolute atomic E-state index is 11.7. The molecular formula is C14H23N3O. The predicted molar refractivity (Wildman–Crippen MR) is 74.5 cm³/mol. The third kappa shape index (κ3) is 3.60. The lowest BCUT2D eigenvalue weighted by atomic mass is 10.2. The second-order valence-corrected chi connectivity index (χ2v) is 5.61. The summed E-state index contributed by atoms with van der Waals surface area (Å²) in [5, 5.41) is 0. The highest BCUT2D eigenvalue weighted by molar-refractivity contribution is 5.33. The Kier molecular flexibility index (Phi) is 4.07. The van der Waals surface area contributed by atoms with Crippen molar-refractivity contribution in [3.05, 3.63) is 28.7 Å². The van der Waals surface area contributed by atoms with Gasteiger partial charge in [-0.3, -0.25) is 9.69 Å². The van der Waals surface area contributed by atoms with Crippen molar-refractivity contribution in [1.82, 2.24) is 9.47 Å². The molecule has 0 amide bonds. The van der Waals surface area contributed by atoms with Gasteiger partial charge >= 0.3 is 0 Å². The van der Waals surface area contributed by atoms with Crippen LogP contribution in [0.2, 0.25) is 0 Å². The third-order valence-corrected chi connectivity index (χ3v) is 3.30. The second-order valence-electron chi connectivity index (χ2n) is 5.61. The highest BCUT2D eigenvalue weighted by Gasteiger charge is 2.28. The minimum Gasteiger partial charge on any atom is -0.398 e. The first-order valence-electron chi connectivity index (χ1n) is 6.76. The summed E-state index contributed by atoms with van der Waals surface area (Å²) in [6, 6.07) is 3.94. The van der Waals surface area contributed by atoms with Gasteiger partial charge in [-0.2, -0.15) is 0 Å². The largest absolute Gasteiger partial charge is 0.398 e. The van der Waals surface area contributed by atoms with E-state index in [1.54, 1.807) is 22.9 Å². The number of nitrogens with two attached hydrogens (primary N) is 1. The molecule has 1 fully saturated rings. The Bertz CT molecular complexity index is 449. The van der Waals surface area contributed by atoms with Gasteiger partial charge in [0.05, 0.1) is 0 Å². The van der Waals surface area contributed by atoms with Crippen LogP contribution in [0.4, 0.5) is 5.69 Å². The van der Waals surface area contributed by atoms with Crippen LogP contribution in [0.3, 0.4) is 0 Å². The van der Waals surface area contributed by atoms with Crippen LogP contribution in [0.25, 0.3) is 0 Å². The molecule has 0 saturated heterocycles. The molecule has 4 nitrogen and oxygen atoms in total. The molecule has 100 valence electrons. The molecule has 18 heavy (non-hydrogen) atoms. The van der Waals surface area contributed by atoms with Gasteiger partial charge in [0.1, 0.15) is 0 Å². The zero-order valence-corrected chi connectivity index (χ0v) is 11.3. The van der Waals surface area contributed by atoms with Gasteiger partial charge in [0.25, 0.3) is 5.56 Å². The third-order valence-electron chi connectivity index (χ3n) is 3.30. The van der Waals surface area contributed by atoms with Gasteiger partial charge in [-0.1, -0.05) is 13.8 Å². The first kappa shape index (κ1) is 13.1. The molecule has 0 bridgehead atoms. The van der Waals surface area contributed by atoms with E-state index in [4.69, 9.17) is 5.73 Å². The molecule has 1 aromatic rings. The number of pyridine rings is 1. The van der Waals surface area contributed by atoms with Gasteiger partial charge in [0, 0.05) is 43.6 Å². The van der Waals surface area contributed by atoms with Gasteiger partial charge in [-0.25, -0.2) is 0 Å². The number of hydrogen-bond donors (Lipinski definition) is 1. The van der Waals surface area contributed by atoms with Crippen LogP contribution in [0.5, 0.6) is 0 Å². The van der Waals surface area contributed by atoms with Crippen LogP contribution < -0.4 is 11.3 Å². The maximum atomic E-state index is 11.7. The second kappa shape index (κ2) is 5.57. The highest BCUT2D eigenvalue weighted by Crippen LogP contribution is 2.27. The lowest BCUT2D eigenvalue weighted by Gasteiger charge is -2.24. The summed E-state index contributed by atoms with van der Waals surface area (Å²) in [5.74, 6) is 0.670. The molecule has 1 aliphatic rings. The first-order chi connectivity index (χ1) is 8.56. The Morgan fingerprint density at radius 2 is 2.17 bits per heavy atom. The minimum atomic E-state index is 0.0319. The van der Waals surface area contributed by atoms with Gasteiger partial charge in [-0.15, -0.1) is 0 Å². The van der Waals surface area contributed by atoms with Crippen molar-refractivity contribution in [2.24, 2.45) is 5.92 Å². The quantitative estimate of drug-likeness (QED) is 0.832. The highest BCUT2D eigenvalue weighted by atomic mass is 16.1. The Morgan fingerprint density at radius 1 is 1.44 bits per heavy atom. The zero-order chi connectivity index (χ0) is 13.1. The smallest absolute Gasteiger partial charge is 0.250 e. The molecule has 0 unspecified atom stereocenters. The number of aromatic nitrogens is 1. The molecule has 1 heterocycles. The van der Waals surface area contributed by atoms with E-state index in [1.165, 1.54) is 12.8 Å². The monoisotopic (exact) mass is 249 g/mol. The van der Waals surface area contributed by atoms with Gasteiger partial charge < -0.3 is 10.3 Å². The fourth-order valence-corrected chi connectivity index (χ4v) is 2.29. The van der Waals surface area contributed by atoms with Crippen molar-refractivity contribution in [2.75, 3.05) is 18.8 Å². The molecule has 1 saturated carbocycles. The summed E-state index contributed by atoms with van der Waals surface area (Å²) in [4.78, 5) is 14.2. The van der Waals surface area contributed by atoms with Gasteiger partial charge in [-0.05, 0) is 24.8 Å². The summed E-state index contributed by atoms with van der Waals surface area (Å²) >= 11 is 0. The molecule has 0 atom stereocenters. The van der Waals surface area contributed by atoms with Crippen LogP contribution >= 0.6 is 0 Å². The van der Waals surface area contributed by atoms with Crippen molar-refractivity contribution >= 4 is 5.69 Å². The van der Waals surface area contributed by atoms with Crippen LogP contribution in [0.15, 0.2) is 23.1 Å². The van der Waals surface area contributed by atoms with E-state index in [0.717, 1.165) is 25.7 Å². The van der Waals surface area contributed by atoms with E-state index in [0.29, 0.717) is 11.6 Å². The maximum Gasteiger partial charge on any atom is 0.250 e. The molecule has 0 radical (unpaired) electrons. The number of anilines is 1. The number of rotatable bonds is 6. The first-order valence-corrected chi connectivity index (χ1v) is 6.76. The minimum absolute atomic E-state index is 0.0319. The van der Waals surface area contributed by atoms with Crippen molar-refractivity contribution in [2.45, 2.75) is 39.3 Å². The predicted octanol–water partition coefficient (Wildman–Crippen LogP) is 1.55. The summed E-state index contributed by atoms with van der Waals surface area (Å²) in [7, 11) is 0. The molecule has 0 aliphatic heterocycles. The lowest BCUT2D eigenvalue weighted by molar-refractivity contribution is 0.225. The van der Waals surface area contributed by atoms with E-state index in [1.807, 2.05) is 0 Å².